The molecule has 2 atom stereocenters. The van der Waals surface area contributed by atoms with Crippen LogP contribution in [0.25, 0.3) is 0 Å². The SMILES string of the molecule is CCC(=O)OCc1ccc(NC(=O)[C@@H](CCCNC(N)=O)NC(=O)[C@H](NC(=O)OCCOCCNS(=O)(=O)NC(=O)OCCCNC(=O)CCCCCN2C(=O)C=CC2=O)C(C)C)cc1. The Morgan fingerprint density at radius 2 is 1.42 bits per heavy atom. The lowest BCUT2D eigenvalue weighted by Gasteiger charge is -2.25. The van der Waals surface area contributed by atoms with Crippen LogP contribution < -0.4 is 41.8 Å². The molecule has 1 aromatic rings. The van der Waals surface area contributed by atoms with Crippen molar-refractivity contribution < 1.29 is 70.5 Å². The smallest absolute Gasteiger partial charge is 0.421 e. The predicted molar refractivity (Wildman–Crippen MR) is 231 cm³/mol. The van der Waals surface area contributed by atoms with Crippen LogP contribution >= 0.6 is 0 Å². The minimum Gasteiger partial charge on any atom is -0.461 e. The number of nitrogens with zero attached hydrogens (tertiary/aromatic N) is 1. The number of carbonyl (C=O) groups is 9. The van der Waals surface area contributed by atoms with E-state index in [9.17, 15) is 51.6 Å². The van der Waals surface area contributed by atoms with Gasteiger partial charge in [-0.15, -0.1) is 0 Å². The van der Waals surface area contributed by atoms with E-state index in [0.717, 1.165) is 4.90 Å². The van der Waals surface area contributed by atoms with Gasteiger partial charge in [0, 0.05) is 56.9 Å². The number of benzene rings is 1. The van der Waals surface area contributed by atoms with Crippen molar-refractivity contribution in [1.29, 1.82) is 0 Å². The number of alkyl carbamates (subject to hydrolysis) is 1. The zero-order valence-electron chi connectivity index (χ0n) is 36.8. The highest BCUT2D eigenvalue weighted by molar-refractivity contribution is 7.88. The first-order valence-corrected chi connectivity index (χ1v) is 22.5. The molecule has 0 saturated heterocycles. The van der Waals surface area contributed by atoms with Crippen LogP contribution in [-0.2, 0) is 64.5 Å². The van der Waals surface area contributed by atoms with Gasteiger partial charge in [0.25, 0.3) is 11.8 Å². The van der Waals surface area contributed by atoms with E-state index >= 15 is 0 Å². The van der Waals surface area contributed by atoms with Crippen molar-refractivity contribution >= 4 is 69.6 Å². The minimum absolute atomic E-state index is 0.0602. The van der Waals surface area contributed by atoms with Gasteiger partial charge < -0.3 is 51.3 Å². The molecule has 9 N–H and O–H groups in total. The maximum atomic E-state index is 13.4. The summed E-state index contributed by atoms with van der Waals surface area (Å²) in [5.74, 6) is -3.01. The highest BCUT2D eigenvalue weighted by Gasteiger charge is 2.29. The van der Waals surface area contributed by atoms with E-state index in [1.54, 1.807) is 49.8 Å². The number of unbranched alkanes of at least 4 members (excludes halogenated alkanes) is 2. The number of ether oxygens (including phenoxy) is 4. The fourth-order valence-electron chi connectivity index (χ4n) is 5.59. The van der Waals surface area contributed by atoms with E-state index in [4.69, 9.17) is 24.7 Å². The number of carbonyl (C=O) groups excluding carboxylic acids is 9. The molecule has 0 aromatic heterocycles. The van der Waals surface area contributed by atoms with Gasteiger partial charge in [0.2, 0.25) is 17.7 Å². The van der Waals surface area contributed by atoms with Crippen molar-refractivity contribution in [3.63, 3.8) is 0 Å². The number of nitrogens with one attached hydrogen (secondary N) is 7. The maximum absolute atomic E-state index is 13.4. The first-order valence-electron chi connectivity index (χ1n) is 21.0. The molecule has 0 bridgehead atoms. The molecule has 1 aromatic carbocycles. The third-order valence-corrected chi connectivity index (χ3v) is 10.0. The first kappa shape index (κ1) is 54.8. The van der Waals surface area contributed by atoms with E-state index in [1.807, 2.05) is 0 Å². The normalized spacial score (nSPS) is 13.1. The number of imide groups is 1. The quantitative estimate of drug-likeness (QED) is 0.0215. The molecule has 0 radical (unpaired) electrons. The number of anilines is 1. The summed E-state index contributed by atoms with van der Waals surface area (Å²) < 4.78 is 48.4. The molecule has 1 aliphatic heterocycles. The molecule has 0 saturated carbocycles. The number of primary amides is 1. The van der Waals surface area contributed by atoms with Crippen LogP contribution in [0.2, 0.25) is 0 Å². The van der Waals surface area contributed by atoms with E-state index < -0.39 is 58.2 Å². The summed E-state index contributed by atoms with van der Waals surface area (Å²) in [5.41, 5.74) is 6.22. The Morgan fingerprint density at radius 3 is 2.08 bits per heavy atom. The second-order valence-corrected chi connectivity index (χ2v) is 16.1. The average Bonchev–Trinajstić information content (AvgIpc) is 3.57. The van der Waals surface area contributed by atoms with Crippen LogP contribution in [0, 0.1) is 5.92 Å². The van der Waals surface area contributed by atoms with Gasteiger partial charge in [-0.2, -0.15) is 13.1 Å². The largest absolute Gasteiger partial charge is 0.461 e. The van der Waals surface area contributed by atoms with Crippen LogP contribution in [-0.4, -0.2) is 132 Å². The summed E-state index contributed by atoms with van der Waals surface area (Å²) >= 11 is 0. The summed E-state index contributed by atoms with van der Waals surface area (Å²) in [6.07, 6.45) is 3.00. The van der Waals surface area contributed by atoms with Crippen LogP contribution in [0.5, 0.6) is 0 Å². The molecule has 1 aliphatic rings. The van der Waals surface area contributed by atoms with Crippen LogP contribution in [0.3, 0.4) is 0 Å². The van der Waals surface area contributed by atoms with E-state index in [-0.39, 0.29) is 115 Å². The maximum Gasteiger partial charge on any atom is 0.421 e. The van der Waals surface area contributed by atoms with Gasteiger partial charge in [-0.25, -0.2) is 19.1 Å². The monoisotopic (exact) mass is 939 g/mol. The van der Waals surface area contributed by atoms with Crippen molar-refractivity contribution in [2.24, 2.45) is 11.7 Å². The van der Waals surface area contributed by atoms with Crippen molar-refractivity contribution in [2.75, 3.05) is 57.9 Å². The lowest BCUT2D eigenvalue weighted by atomic mass is 10.0. The lowest BCUT2D eigenvalue weighted by molar-refractivity contribution is -0.144. The predicted octanol–water partition coefficient (Wildman–Crippen LogP) is 0.331. The zero-order valence-corrected chi connectivity index (χ0v) is 37.6. The van der Waals surface area contributed by atoms with E-state index in [2.05, 4.69) is 31.3 Å². The van der Waals surface area contributed by atoms with Gasteiger partial charge in [0.05, 0.1) is 19.8 Å². The highest BCUT2D eigenvalue weighted by Crippen LogP contribution is 2.13. The molecule has 9 amide bonds. The Morgan fingerprint density at radius 1 is 0.738 bits per heavy atom. The molecular weight excluding hydrogens is 879 g/mol. The molecule has 24 nitrogen and oxygen atoms in total. The van der Waals surface area contributed by atoms with Gasteiger partial charge in [-0.05, 0) is 55.7 Å². The zero-order chi connectivity index (χ0) is 48.2. The number of esters is 1. The second kappa shape index (κ2) is 29.9. The Kier molecular flexibility index (Phi) is 25.2. The lowest BCUT2D eigenvalue weighted by Crippen LogP contribution is -2.54. The number of amides is 9. The average molecular weight is 940 g/mol. The van der Waals surface area contributed by atoms with Crippen LogP contribution in [0.15, 0.2) is 36.4 Å². The van der Waals surface area contributed by atoms with Crippen molar-refractivity contribution in [3.8, 4) is 0 Å². The fourth-order valence-corrected chi connectivity index (χ4v) is 6.29. The van der Waals surface area contributed by atoms with E-state index in [0.29, 0.717) is 30.5 Å². The van der Waals surface area contributed by atoms with Crippen LogP contribution in [0.1, 0.15) is 77.7 Å². The standard InChI is InChI=1S/C40H61N9O15S/c1-4-34(53)64-26-28-12-14-29(15-13-28)45-36(54)30(10-8-18-43-38(41)56)46-37(55)35(27(2)3)47-39(57)63-25-24-61-23-20-44-65(59,60)48-40(58)62-22-9-19-42-31(50)11-6-5-7-21-49-32(51)16-17-33(49)52/h12-17,27,30,35,44H,4-11,18-26H2,1-3H3,(H,42,50)(H,45,54)(H,46,55)(H,47,57)(H,48,58)(H3,41,43,56)/t30-,35-/m1/s1. The Labute approximate surface area is 377 Å². The van der Waals surface area contributed by atoms with Gasteiger partial charge in [0.15, 0.2) is 0 Å². The molecule has 1 heterocycles. The van der Waals surface area contributed by atoms with Gasteiger partial charge in [0.1, 0.15) is 25.3 Å². The Bertz CT molecular complexity index is 1900. The van der Waals surface area contributed by atoms with Crippen molar-refractivity contribution in [1.82, 2.24) is 35.6 Å². The van der Waals surface area contributed by atoms with Gasteiger partial charge in [-0.3, -0.25) is 33.7 Å². The highest BCUT2D eigenvalue weighted by atomic mass is 32.2. The van der Waals surface area contributed by atoms with Gasteiger partial charge >= 0.3 is 34.4 Å². The summed E-state index contributed by atoms with van der Waals surface area (Å²) in [6.45, 7) is 4.59. The van der Waals surface area contributed by atoms with Gasteiger partial charge in [-0.1, -0.05) is 39.3 Å². The Balaban J connectivity index is 1.66. The van der Waals surface area contributed by atoms with E-state index in [1.165, 1.54) is 12.2 Å². The topological polar surface area (TPSA) is 338 Å². The number of hydrogen-bond acceptors (Lipinski definition) is 15. The third kappa shape index (κ3) is 23.8. The number of nitrogens with two attached hydrogens (primary N) is 1. The number of urea groups is 1. The summed E-state index contributed by atoms with van der Waals surface area (Å²) in [6, 6.07) is 3.54. The molecule has 0 aliphatic carbocycles. The third-order valence-electron chi connectivity index (χ3n) is 9.01. The molecule has 65 heavy (non-hydrogen) atoms. The molecule has 25 heteroatoms. The number of rotatable bonds is 31. The molecular formula is C40H61N9O15S. The molecule has 0 fully saturated rings. The fraction of sp³-hybridized carbons (Fsp3) is 0.575. The summed E-state index contributed by atoms with van der Waals surface area (Å²) in [5, 5.41) is 12.9. The molecule has 0 unspecified atom stereocenters. The van der Waals surface area contributed by atoms with Crippen molar-refractivity contribution in [3.05, 3.63) is 42.0 Å². The first-order chi connectivity index (χ1) is 30.9. The molecule has 362 valence electrons. The minimum atomic E-state index is -4.31. The van der Waals surface area contributed by atoms with Crippen molar-refractivity contribution in [2.45, 2.75) is 90.8 Å². The summed E-state index contributed by atoms with van der Waals surface area (Å²) in [4.78, 5) is 110. The molecule has 0 spiro atoms. The van der Waals surface area contributed by atoms with Crippen LogP contribution in [0.4, 0.5) is 20.1 Å². The second-order valence-electron chi connectivity index (χ2n) is 14.6. The molecule has 2 rings (SSSR count). The Hall–Kier alpha value is -6.34. The number of hydrogen-bond donors (Lipinski definition) is 8. The summed E-state index contributed by atoms with van der Waals surface area (Å²) in [7, 11) is -4.31.